The van der Waals surface area contributed by atoms with Crippen molar-refractivity contribution >= 4 is 11.7 Å². The number of nitrogens with one attached hydrogen (secondary N) is 1. The Labute approximate surface area is 254 Å². The molecule has 3 heterocycles. The second-order valence-electron chi connectivity index (χ2n) is 11.7. The first-order valence-corrected chi connectivity index (χ1v) is 15.0. The Morgan fingerprint density at radius 2 is 1.53 bits per heavy atom. The van der Waals surface area contributed by atoms with Crippen molar-refractivity contribution < 1.29 is 19.0 Å². The Bertz CT molecular complexity index is 1430. The number of nitrogens with zero attached hydrogens (tertiary/aromatic N) is 3. The molecule has 43 heavy (non-hydrogen) atoms. The Balaban J connectivity index is 1.26. The third-order valence-corrected chi connectivity index (χ3v) is 8.64. The van der Waals surface area contributed by atoms with Gasteiger partial charge in [-0.15, -0.1) is 0 Å². The molecule has 0 spiro atoms. The summed E-state index contributed by atoms with van der Waals surface area (Å²) >= 11 is 0. The van der Waals surface area contributed by atoms with Gasteiger partial charge in [0.25, 0.3) is 0 Å². The summed E-state index contributed by atoms with van der Waals surface area (Å²) in [5.41, 5.74) is 3.99. The summed E-state index contributed by atoms with van der Waals surface area (Å²) in [7, 11) is 5.87. The molecule has 0 unspecified atom stereocenters. The molecule has 0 aromatic heterocycles. The minimum atomic E-state index is -0.169. The van der Waals surface area contributed by atoms with E-state index < -0.39 is 0 Å². The topological polar surface area (TPSA) is 66.5 Å². The molecular weight excluding hydrogens is 540 g/mol. The maximum atomic E-state index is 13.7. The zero-order chi connectivity index (χ0) is 29.8. The molecule has 0 saturated carbocycles. The molecule has 1 N–H and O–H groups in total. The first kappa shape index (κ1) is 29.2. The van der Waals surface area contributed by atoms with Crippen LogP contribution in [0.5, 0.6) is 5.75 Å². The molecule has 3 aliphatic heterocycles. The summed E-state index contributed by atoms with van der Waals surface area (Å²) in [6.07, 6.45) is -0.257. The molecule has 8 nitrogen and oxygen atoms in total. The van der Waals surface area contributed by atoms with Gasteiger partial charge in [0.2, 0.25) is 0 Å². The molecule has 0 aliphatic carbocycles. The standard InChI is InChI=1S/C35H40N4O4/c1-37(2)21-30-34(27-13-11-26(12-14-27)10-9-25-7-5-4-6-8-25)31-22-38(23-32-33(24-39(30)31)43-20-19-42-32)35(40)36-28-15-17-29(41-3)18-16-28/h4-8,11-18,30-34H,19-24H2,1-3H3,(H,36,40)/t30-,31+,32-,33+,34+/m1/s1. The van der Waals surface area contributed by atoms with Gasteiger partial charge in [-0.3, -0.25) is 4.90 Å². The average molecular weight is 581 g/mol. The van der Waals surface area contributed by atoms with Crippen molar-refractivity contribution in [3.63, 3.8) is 0 Å². The van der Waals surface area contributed by atoms with E-state index in [0.29, 0.717) is 26.3 Å². The monoisotopic (exact) mass is 580 g/mol. The number of hydrogen-bond donors (Lipinski definition) is 1. The molecule has 3 aromatic rings. The van der Waals surface area contributed by atoms with Gasteiger partial charge < -0.3 is 29.3 Å². The predicted octanol–water partition coefficient (Wildman–Crippen LogP) is 4.12. The SMILES string of the molecule is COc1ccc(NC(=O)N2C[C@H]3OCCO[C@H]3CN3[C@H](CN(C)C)[C@H](c4ccc(C#Cc5ccccc5)cc4)[C@@H]3C2)cc1. The number of methoxy groups -OCH3 is 1. The van der Waals surface area contributed by atoms with Crippen LogP contribution in [0.3, 0.4) is 0 Å². The van der Waals surface area contributed by atoms with Gasteiger partial charge in [-0.25, -0.2) is 4.79 Å². The lowest BCUT2D eigenvalue weighted by Gasteiger charge is -2.59. The molecule has 3 aromatic carbocycles. The van der Waals surface area contributed by atoms with Crippen molar-refractivity contribution in [1.29, 1.82) is 0 Å². The predicted molar refractivity (Wildman–Crippen MR) is 168 cm³/mol. The molecule has 2 amide bonds. The smallest absolute Gasteiger partial charge is 0.321 e. The number of likely N-dealkylation sites (N-methyl/N-ethyl adjacent to an activating group) is 1. The quantitative estimate of drug-likeness (QED) is 0.458. The maximum Gasteiger partial charge on any atom is 0.321 e. The molecular formula is C35H40N4O4. The second kappa shape index (κ2) is 13.2. The first-order chi connectivity index (χ1) is 21.0. The summed E-state index contributed by atoms with van der Waals surface area (Å²) in [6.45, 7) is 3.90. The first-order valence-electron chi connectivity index (χ1n) is 15.0. The Morgan fingerprint density at radius 1 is 0.884 bits per heavy atom. The van der Waals surface area contributed by atoms with Crippen LogP contribution in [0, 0.1) is 11.8 Å². The van der Waals surface area contributed by atoms with Crippen LogP contribution in [0.4, 0.5) is 10.5 Å². The van der Waals surface area contributed by atoms with E-state index in [2.05, 4.69) is 65.3 Å². The summed E-state index contributed by atoms with van der Waals surface area (Å²) in [5.74, 6) is 7.56. The highest BCUT2D eigenvalue weighted by Crippen LogP contribution is 2.43. The van der Waals surface area contributed by atoms with Crippen molar-refractivity contribution in [3.05, 3.63) is 95.6 Å². The lowest BCUT2D eigenvalue weighted by atomic mass is 9.73. The van der Waals surface area contributed by atoms with E-state index in [1.165, 1.54) is 5.56 Å². The number of benzene rings is 3. The van der Waals surface area contributed by atoms with Gasteiger partial charge in [-0.2, -0.15) is 0 Å². The number of ether oxygens (including phenoxy) is 3. The minimum Gasteiger partial charge on any atom is -0.497 e. The average Bonchev–Trinajstić information content (AvgIpc) is 3.02. The molecule has 224 valence electrons. The summed E-state index contributed by atoms with van der Waals surface area (Å²) < 4.78 is 17.7. The number of urea groups is 1. The van der Waals surface area contributed by atoms with Crippen LogP contribution in [0.15, 0.2) is 78.9 Å². The molecule has 5 atom stereocenters. The van der Waals surface area contributed by atoms with E-state index in [0.717, 1.165) is 35.7 Å². The van der Waals surface area contributed by atoms with Gasteiger partial charge in [0.15, 0.2) is 0 Å². The van der Waals surface area contributed by atoms with E-state index in [1.807, 2.05) is 59.5 Å². The number of carbonyl (C=O) groups excluding carboxylic acids is 1. The Kier molecular flexibility index (Phi) is 8.96. The third kappa shape index (κ3) is 6.71. The van der Waals surface area contributed by atoms with Crippen LogP contribution in [-0.2, 0) is 9.47 Å². The van der Waals surface area contributed by atoms with Gasteiger partial charge in [-0.1, -0.05) is 42.2 Å². The number of hydrogen-bond acceptors (Lipinski definition) is 6. The van der Waals surface area contributed by atoms with Crippen LogP contribution in [0.25, 0.3) is 0 Å². The molecule has 3 aliphatic rings. The molecule has 3 fully saturated rings. The number of fused-ring (bicyclic) bond motifs is 2. The number of anilines is 1. The fourth-order valence-corrected chi connectivity index (χ4v) is 6.52. The molecule has 0 radical (unpaired) electrons. The fourth-order valence-electron chi connectivity index (χ4n) is 6.52. The summed E-state index contributed by atoms with van der Waals surface area (Å²) in [5, 5.41) is 3.09. The Morgan fingerprint density at radius 3 is 2.19 bits per heavy atom. The lowest BCUT2D eigenvalue weighted by molar-refractivity contribution is -0.180. The highest BCUT2D eigenvalue weighted by atomic mass is 16.6. The summed E-state index contributed by atoms with van der Waals surface area (Å²) in [6, 6.07) is 26.4. The highest BCUT2D eigenvalue weighted by Gasteiger charge is 2.52. The van der Waals surface area contributed by atoms with Crippen molar-refractivity contribution in [2.75, 3.05) is 65.9 Å². The largest absolute Gasteiger partial charge is 0.497 e. The lowest BCUT2D eigenvalue weighted by Crippen LogP contribution is -2.72. The normalized spacial score (nSPS) is 25.2. The van der Waals surface area contributed by atoms with Crippen LogP contribution in [-0.4, -0.2) is 106 Å². The van der Waals surface area contributed by atoms with Crippen molar-refractivity contribution in [3.8, 4) is 17.6 Å². The number of carbonyl (C=O) groups is 1. The highest BCUT2D eigenvalue weighted by molar-refractivity contribution is 5.89. The van der Waals surface area contributed by atoms with Gasteiger partial charge in [0.1, 0.15) is 11.9 Å². The van der Waals surface area contributed by atoms with Crippen LogP contribution >= 0.6 is 0 Å². The fraction of sp³-hybridized carbons (Fsp3) is 0.400. The van der Waals surface area contributed by atoms with Crippen molar-refractivity contribution in [2.24, 2.45) is 0 Å². The van der Waals surface area contributed by atoms with Crippen molar-refractivity contribution in [1.82, 2.24) is 14.7 Å². The van der Waals surface area contributed by atoms with Gasteiger partial charge in [0, 0.05) is 54.5 Å². The van der Waals surface area contributed by atoms with E-state index in [4.69, 9.17) is 14.2 Å². The van der Waals surface area contributed by atoms with E-state index in [1.54, 1.807) is 7.11 Å². The zero-order valence-corrected chi connectivity index (χ0v) is 25.1. The molecule has 6 rings (SSSR count). The van der Waals surface area contributed by atoms with Crippen molar-refractivity contribution in [2.45, 2.75) is 30.2 Å². The van der Waals surface area contributed by atoms with E-state index >= 15 is 0 Å². The molecule has 3 saturated heterocycles. The summed E-state index contributed by atoms with van der Waals surface area (Å²) in [4.78, 5) is 20.4. The van der Waals surface area contributed by atoms with E-state index in [-0.39, 0.29) is 36.2 Å². The molecule has 8 heteroatoms. The van der Waals surface area contributed by atoms with Crippen LogP contribution in [0.1, 0.15) is 22.6 Å². The molecule has 0 bridgehead atoms. The third-order valence-electron chi connectivity index (χ3n) is 8.64. The van der Waals surface area contributed by atoms with Crippen LogP contribution in [0.2, 0.25) is 0 Å². The van der Waals surface area contributed by atoms with Gasteiger partial charge in [0.05, 0.1) is 33.0 Å². The number of amides is 2. The second-order valence-corrected chi connectivity index (χ2v) is 11.7. The van der Waals surface area contributed by atoms with Gasteiger partial charge in [-0.05, 0) is 68.2 Å². The van der Waals surface area contributed by atoms with Gasteiger partial charge >= 0.3 is 6.03 Å². The zero-order valence-electron chi connectivity index (χ0n) is 25.1. The van der Waals surface area contributed by atoms with Crippen LogP contribution < -0.4 is 10.1 Å². The number of rotatable bonds is 5. The van der Waals surface area contributed by atoms with E-state index in [9.17, 15) is 4.79 Å². The maximum absolute atomic E-state index is 13.7. The Hall–Kier alpha value is -3.87. The minimum absolute atomic E-state index is 0.0888.